The van der Waals surface area contributed by atoms with E-state index >= 15 is 0 Å². The van der Waals surface area contributed by atoms with Crippen LogP contribution in [0.5, 0.6) is 0 Å². The van der Waals surface area contributed by atoms with Crippen molar-refractivity contribution in [2.45, 2.75) is 31.7 Å². The van der Waals surface area contributed by atoms with Crippen LogP contribution in [0.3, 0.4) is 0 Å². The number of nitrogens with zero attached hydrogens (tertiary/aromatic N) is 2. The highest BCUT2D eigenvalue weighted by Crippen LogP contribution is 2.36. The van der Waals surface area contributed by atoms with Crippen LogP contribution >= 0.6 is 23.7 Å². The van der Waals surface area contributed by atoms with E-state index in [0.29, 0.717) is 12.0 Å². The fourth-order valence-corrected chi connectivity index (χ4v) is 4.78. The molecule has 2 atom stereocenters. The zero-order chi connectivity index (χ0) is 16.8. The number of aromatic nitrogens is 3. The third-order valence-corrected chi connectivity index (χ3v) is 6.21. The van der Waals surface area contributed by atoms with Gasteiger partial charge in [-0.1, -0.05) is 18.2 Å². The molecule has 5 nitrogen and oxygen atoms in total. The number of fused-ring (bicyclic) bond motifs is 2. The molecular weight excluding hydrogens is 380 g/mol. The van der Waals surface area contributed by atoms with E-state index in [9.17, 15) is 0 Å². The summed E-state index contributed by atoms with van der Waals surface area (Å²) in [5, 5.41) is 4.78. The normalized spacial score (nSPS) is 19.6. The van der Waals surface area contributed by atoms with Crippen molar-refractivity contribution in [3.63, 3.8) is 0 Å². The third-order valence-electron chi connectivity index (χ3n) is 5.07. The Kier molecular flexibility index (Phi) is 5.81. The Morgan fingerprint density at radius 3 is 2.81 bits per heavy atom. The first-order chi connectivity index (χ1) is 12.3. The molecule has 27 heavy (non-hydrogen) atoms. The molecule has 142 valence electrons. The van der Waals surface area contributed by atoms with Crippen LogP contribution in [0.4, 0.5) is 0 Å². The van der Waals surface area contributed by atoms with Gasteiger partial charge < -0.3 is 15.8 Å². The standard InChI is InChI=1S/C20H20N4S.ClH.H2O/c1-12-8-14(6-7-21-12)20-22-11-17-15(24-20)10-16(23-17)19-9-13-4-2-3-5-18(13)25-19;;/h2-5,9-12,14,21H,6-8H2,1H3,(H,22,24);1H;1H2. The summed E-state index contributed by atoms with van der Waals surface area (Å²) in [7, 11) is 0. The number of hydrogen-bond donors (Lipinski definition) is 2. The summed E-state index contributed by atoms with van der Waals surface area (Å²) < 4.78 is 1.30. The number of piperidine rings is 1. The quantitative estimate of drug-likeness (QED) is 0.525. The molecule has 0 spiro atoms. The first-order valence-corrected chi connectivity index (χ1v) is 9.66. The number of H-pyrrole nitrogens is 1. The average molecular weight is 403 g/mol. The van der Waals surface area contributed by atoms with Gasteiger partial charge in [-0.15, -0.1) is 23.7 Å². The minimum absolute atomic E-state index is 0. The van der Waals surface area contributed by atoms with E-state index in [0.717, 1.165) is 42.3 Å². The van der Waals surface area contributed by atoms with Gasteiger partial charge in [-0.25, -0.2) is 9.97 Å². The molecule has 2 aromatic rings. The van der Waals surface area contributed by atoms with Crippen LogP contribution in [0.15, 0.2) is 42.6 Å². The molecule has 0 amide bonds. The summed E-state index contributed by atoms with van der Waals surface area (Å²) in [6.07, 6.45) is 4.19. The van der Waals surface area contributed by atoms with Crippen LogP contribution < -0.4 is 5.32 Å². The number of benzene rings is 1. The van der Waals surface area contributed by atoms with Crippen LogP contribution in [0.25, 0.3) is 32.0 Å². The number of rotatable bonds is 2. The lowest BCUT2D eigenvalue weighted by atomic mass is 9.92. The smallest absolute Gasteiger partial charge is 0.109 e. The van der Waals surface area contributed by atoms with E-state index in [4.69, 9.17) is 4.98 Å². The topological polar surface area (TPSA) is 85.1 Å². The van der Waals surface area contributed by atoms with Crippen molar-refractivity contribution in [3.8, 4) is 22.0 Å². The molecule has 1 aromatic heterocycles. The highest BCUT2D eigenvalue weighted by atomic mass is 35.5. The van der Waals surface area contributed by atoms with Crippen LogP contribution in [0.1, 0.15) is 31.5 Å². The van der Waals surface area contributed by atoms with Gasteiger partial charge in [0.05, 0.1) is 22.5 Å². The Morgan fingerprint density at radius 1 is 1.15 bits per heavy atom. The van der Waals surface area contributed by atoms with Crippen LogP contribution in [-0.2, 0) is 0 Å². The number of aromatic amines is 1. The lowest BCUT2D eigenvalue weighted by Crippen LogP contribution is -2.35. The lowest BCUT2D eigenvalue weighted by Gasteiger charge is -2.27. The van der Waals surface area contributed by atoms with Crippen molar-refractivity contribution in [3.05, 3.63) is 48.4 Å². The predicted octanol–water partition coefficient (Wildman–Crippen LogP) is 4.24. The van der Waals surface area contributed by atoms with Crippen LogP contribution in [0, 0.1) is 0 Å². The summed E-state index contributed by atoms with van der Waals surface area (Å²) in [6.45, 7) is 3.31. The van der Waals surface area contributed by atoms with Gasteiger partial charge in [0.25, 0.3) is 0 Å². The van der Waals surface area contributed by atoms with E-state index in [1.807, 2.05) is 6.20 Å². The van der Waals surface area contributed by atoms with Gasteiger partial charge in [0.1, 0.15) is 11.5 Å². The molecule has 3 aliphatic rings. The van der Waals surface area contributed by atoms with Gasteiger partial charge in [0.15, 0.2) is 0 Å². The summed E-state index contributed by atoms with van der Waals surface area (Å²) in [4.78, 5) is 14.2. The minimum atomic E-state index is 0. The average Bonchev–Trinajstić information content (AvgIpc) is 3.24. The molecule has 2 unspecified atom stereocenters. The maximum absolute atomic E-state index is 4.78. The van der Waals surface area contributed by atoms with Crippen LogP contribution in [0.2, 0.25) is 0 Å². The minimum Gasteiger partial charge on any atom is -0.412 e. The van der Waals surface area contributed by atoms with Crippen molar-refractivity contribution >= 4 is 33.8 Å². The monoisotopic (exact) mass is 402 g/mol. The molecule has 0 bridgehead atoms. The largest absolute Gasteiger partial charge is 0.412 e. The molecule has 4 heterocycles. The molecule has 0 radical (unpaired) electrons. The number of halogens is 1. The second-order valence-corrected chi connectivity index (χ2v) is 8.02. The van der Waals surface area contributed by atoms with Crippen molar-refractivity contribution in [1.82, 2.24) is 20.3 Å². The Bertz CT molecular complexity index is 981. The van der Waals surface area contributed by atoms with Crippen molar-refractivity contribution in [2.24, 2.45) is 0 Å². The lowest BCUT2D eigenvalue weighted by molar-refractivity contribution is 0.371. The van der Waals surface area contributed by atoms with E-state index in [1.165, 1.54) is 15.0 Å². The molecule has 1 aromatic carbocycles. The Balaban J connectivity index is 0.00000105. The van der Waals surface area contributed by atoms with E-state index < -0.39 is 0 Å². The maximum atomic E-state index is 4.78. The SMILES string of the molecule is CC1CC(c2ncc3nc(-c4cc5ccccc5s4)cc-3[nH]2)CCN1.Cl.O. The molecule has 7 heteroatoms. The summed E-state index contributed by atoms with van der Waals surface area (Å²) >= 11 is 1.79. The van der Waals surface area contributed by atoms with Gasteiger partial charge in [-0.3, -0.25) is 0 Å². The van der Waals surface area contributed by atoms with E-state index in [-0.39, 0.29) is 17.9 Å². The molecular formula is C20H23ClN4OS. The Labute approximate surface area is 168 Å². The number of thiophene rings is 1. The van der Waals surface area contributed by atoms with Crippen molar-refractivity contribution < 1.29 is 5.48 Å². The van der Waals surface area contributed by atoms with Crippen molar-refractivity contribution in [2.75, 3.05) is 6.54 Å². The predicted molar refractivity (Wildman–Crippen MR) is 114 cm³/mol. The number of hydrogen-bond acceptors (Lipinski definition) is 4. The second-order valence-electron chi connectivity index (χ2n) is 6.93. The molecule has 0 aliphatic carbocycles. The molecule has 1 fully saturated rings. The Morgan fingerprint density at radius 2 is 2.00 bits per heavy atom. The summed E-state index contributed by atoms with van der Waals surface area (Å²) in [5.41, 5.74) is 3.06. The Hall–Kier alpha value is -1.99. The van der Waals surface area contributed by atoms with Gasteiger partial charge in [0, 0.05) is 16.7 Å². The summed E-state index contributed by atoms with van der Waals surface area (Å²) in [5.74, 6) is 1.60. The highest BCUT2D eigenvalue weighted by molar-refractivity contribution is 7.22. The molecule has 0 saturated carbocycles. The first-order valence-electron chi connectivity index (χ1n) is 8.84. The van der Waals surface area contributed by atoms with Gasteiger partial charge >= 0.3 is 0 Å². The second kappa shape index (κ2) is 7.94. The zero-order valence-corrected chi connectivity index (χ0v) is 16.7. The molecule has 5 rings (SSSR count). The summed E-state index contributed by atoms with van der Waals surface area (Å²) in [6, 6.07) is 13.4. The van der Waals surface area contributed by atoms with Crippen LogP contribution in [-0.4, -0.2) is 33.0 Å². The van der Waals surface area contributed by atoms with E-state index in [1.54, 1.807) is 11.3 Å². The fraction of sp³-hybridized carbons (Fsp3) is 0.300. The third kappa shape index (κ3) is 3.71. The molecule has 1 saturated heterocycles. The van der Waals surface area contributed by atoms with Crippen molar-refractivity contribution in [1.29, 1.82) is 0 Å². The highest BCUT2D eigenvalue weighted by Gasteiger charge is 2.23. The molecule has 3 aliphatic heterocycles. The van der Waals surface area contributed by atoms with E-state index in [2.05, 4.69) is 58.6 Å². The van der Waals surface area contributed by atoms with Gasteiger partial charge in [-0.2, -0.15) is 0 Å². The first kappa shape index (κ1) is 19.8. The maximum Gasteiger partial charge on any atom is 0.109 e. The van der Waals surface area contributed by atoms with Gasteiger partial charge in [0.2, 0.25) is 0 Å². The fourth-order valence-electron chi connectivity index (χ4n) is 3.75. The molecule has 4 N–H and O–H groups in total. The number of nitrogens with one attached hydrogen (secondary N) is 2. The zero-order valence-electron chi connectivity index (χ0n) is 15.0. The van der Waals surface area contributed by atoms with Gasteiger partial charge in [-0.05, 0) is 49.9 Å².